The fourth-order valence-corrected chi connectivity index (χ4v) is 3.83. The highest BCUT2D eigenvalue weighted by molar-refractivity contribution is 5.89. The van der Waals surface area contributed by atoms with Crippen LogP contribution in [0.15, 0.2) is 30.5 Å². The summed E-state index contributed by atoms with van der Waals surface area (Å²) in [4.78, 5) is 16.4. The van der Waals surface area contributed by atoms with Crippen molar-refractivity contribution in [3.8, 4) is 0 Å². The number of anilines is 1. The molecule has 1 saturated heterocycles. The number of methoxy groups -OCH3 is 1. The number of aromatic nitrogens is 2. The van der Waals surface area contributed by atoms with Crippen molar-refractivity contribution < 1.29 is 9.53 Å². The number of hydrogen-bond acceptors (Lipinski definition) is 5. The van der Waals surface area contributed by atoms with Crippen molar-refractivity contribution in [3.05, 3.63) is 47.3 Å². The van der Waals surface area contributed by atoms with Crippen molar-refractivity contribution >= 4 is 11.7 Å². The van der Waals surface area contributed by atoms with Gasteiger partial charge in [0.2, 0.25) is 0 Å². The lowest BCUT2D eigenvalue weighted by atomic mass is 10.1. The van der Waals surface area contributed by atoms with Crippen LogP contribution in [0.3, 0.4) is 0 Å². The van der Waals surface area contributed by atoms with Gasteiger partial charge in [0.25, 0.3) is 0 Å². The molecule has 0 spiro atoms. The van der Waals surface area contributed by atoms with Crippen LogP contribution in [-0.4, -0.2) is 53.9 Å². The van der Waals surface area contributed by atoms with E-state index in [2.05, 4.69) is 26.6 Å². The van der Waals surface area contributed by atoms with Gasteiger partial charge in [-0.1, -0.05) is 0 Å². The Bertz CT molecular complexity index is 772. The molecule has 1 aromatic carbocycles. The second-order valence-electron chi connectivity index (χ2n) is 7.25. The number of benzene rings is 1. The minimum atomic E-state index is -0.288. The molecule has 2 aliphatic rings. The molecule has 1 saturated carbocycles. The number of ether oxygens (including phenoxy) is 1. The molecule has 6 nitrogen and oxygen atoms in total. The standard InChI is InChI=1S/C20H26N4O2/c1-22-19(15-3-4-15)17(13-21-22)14-23-9-11-24(12-10-23)18-7-5-16(6-8-18)20(25)26-2/h5-8,13,15H,3-4,9-12,14H2,1-2H3. The number of nitrogens with zero attached hydrogens (tertiary/aromatic N) is 4. The van der Waals surface area contributed by atoms with E-state index in [0.717, 1.165) is 44.3 Å². The third-order valence-corrected chi connectivity index (χ3v) is 5.45. The van der Waals surface area contributed by atoms with Gasteiger partial charge in [-0.3, -0.25) is 9.58 Å². The highest BCUT2D eigenvalue weighted by Crippen LogP contribution is 2.41. The lowest BCUT2D eigenvalue weighted by Crippen LogP contribution is -2.46. The molecule has 0 unspecified atom stereocenters. The summed E-state index contributed by atoms with van der Waals surface area (Å²) < 4.78 is 6.82. The van der Waals surface area contributed by atoms with Crippen LogP contribution in [-0.2, 0) is 18.3 Å². The Balaban J connectivity index is 1.35. The van der Waals surface area contributed by atoms with Crippen molar-refractivity contribution in [2.75, 3.05) is 38.2 Å². The zero-order chi connectivity index (χ0) is 18.1. The number of rotatable bonds is 5. The first-order valence-corrected chi connectivity index (χ1v) is 9.32. The van der Waals surface area contributed by atoms with Crippen molar-refractivity contribution in [1.29, 1.82) is 0 Å². The predicted molar refractivity (Wildman–Crippen MR) is 100 cm³/mol. The maximum absolute atomic E-state index is 11.5. The fourth-order valence-electron chi connectivity index (χ4n) is 3.83. The minimum absolute atomic E-state index is 0.288. The van der Waals surface area contributed by atoms with E-state index in [1.54, 1.807) is 0 Å². The number of hydrogen-bond donors (Lipinski definition) is 0. The number of piperazine rings is 1. The van der Waals surface area contributed by atoms with Gasteiger partial charge in [-0.25, -0.2) is 4.79 Å². The quantitative estimate of drug-likeness (QED) is 0.772. The van der Waals surface area contributed by atoms with Crippen LogP contribution >= 0.6 is 0 Å². The molecule has 0 atom stereocenters. The summed E-state index contributed by atoms with van der Waals surface area (Å²) in [7, 11) is 3.47. The molecule has 2 heterocycles. The van der Waals surface area contributed by atoms with E-state index in [9.17, 15) is 4.79 Å². The summed E-state index contributed by atoms with van der Waals surface area (Å²) in [6.07, 6.45) is 4.66. The number of carbonyl (C=O) groups excluding carboxylic acids is 1. The zero-order valence-electron chi connectivity index (χ0n) is 15.5. The molecule has 26 heavy (non-hydrogen) atoms. The molecular formula is C20H26N4O2. The lowest BCUT2D eigenvalue weighted by Gasteiger charge is -2.36. The topological polar surface area (TPSA) is 50.6 Å². The molecular weight excluding hydrogens is 328 g/mol. The summed E-state index contributed by atoms with van der Waals surface area (Å²) in [5, 5.41) is 4.48. The highest BCUT2D eigenvalue weighted by atomic mass is 16.5. The van der Waals surface area contributed by atoms with Crippen molar-refractivity contribution in [2.45, 2.75) is 25.3 Å². The molecule has 1 aliphatic carbocycles. The minimum Gasteiger partial charge on any atom is -0.465 e. The molecule has 0 N–H and O–H groups in total. The van der Waals surface area contributed by atoms with Crippen LogP contribution in [0.25, 0.3) is 0 Å². The van der Waals surface area contributed by atoms with Crippen LogP contribution in [0.1, 0.15) is 40.4 Å². The highest BCUT2D eigenvalue weighted by Gasteiger charge is 2.30. The summed E-state index contributed by atoms with van der Waals surface area (Å²) >= 11 is 0. The van der Waals surface area contributed by atoms with Gasteiger partial charge in [-0.2, -0.15) is 5.10 Å². The Morgan fingerprint density at radius 3 is 2.46 bits per heavy atom. The van der Waals surface area contributed by atoms with Gasteiger partial charge in [0.05, 0.1) is 18.9 Å². The number of esters is 1. The second-order valence-corrected chi connectivity index (χ2v) is 7.25. The SMILES string of the molecule is COC(=O)c1ccc(N2CCN(Cc3cnn(C)c3C3CC3)CC2)cc1. The molecule has 2 aromatic rings. The van der Waals surface area contributed by atoms with E-state index in [1.807, 2.05) is 30.5 Å². The third kappa shape index (κ3) is 3.46. The lowest BCUT2D eigenvalue weighted by molar-refractivity contribution is 0.0601. The van der Waals surface area contributed by atoms with E-state index in [1.165, 1.54) is 31.2 Å². The molecule has 1 aliphatic heterocycles. The van der Waals surface area contributed by atoms with Crippen molar-refractivity contribution in [3.63, 3.8) is 0 Å². The molecule has 4 rings (SSSR count). The molecule has 0 amide bonds. The molecule has 2 fully saturated rings. The first kappa shape index (κ1) is 17.1. The summed E-state index contributed by atoms with van der Waals surface area (Å²) in [5.41, 5.74) is 4.59. The fraction of sp³-hybridized carbons (Fsp3) is 0.500. The van der Waals surface area contributed by atoms with Crippen LogP contribution in [0.5, 0.6) is 0 Å². The maximum Gasteiger partial charge on any atom is 0.337 e. The van der Waals surface area contributed by atoms with Gasteiger partial charge in [-0.05, 0) is 37.1 Å². The van der Waals surface area contributed by atoms with Crippen molar-refractivity contribution in [2.24, 2.45) is 7.05 Å². The Kier molecular flexibility index (Phi) is 4.68. The second kappa shape index (κ2) is 7.11. The van der Waals surface area contributed by atoms with Crippen LogP contribution < -0.4 is 4.90 Å². The summed E-state index contributed by atoms with van der Waals surface area (Å²) in [6, 6.07) is 7.69. The van der Waals surface area contributed by atoms with Crippen LogP contribution in [0.2, 0.25) is 0 Å². The van der Waals surface area contributed by atoms with Gasteiger partial charge in [0, 0.05) is 62.6 Å². The van der Waals surface area contributed by atoms with Crippen molar-refractivity contribution in [1.82, 2.24) is 14.7 Å². The first-order chi connectivity index (χ1) is 12.7. The van der Waals surface area contributed by atoms with E-state index in [4.69, 9.17) is 4.74 Å². The van der Waals surface area contributed by atoms with Gasteiger partial charge < -0.3 is 9.64 Å². The Morgan fingerprint density at radius 2 is 1.85 bits per heavy atom. The number of carbonyl (C=O) groups is 1. The molecule has 0 bridgehead atoms. The third-order valence-electron chi connectivity index (χ3n) is 5.45. The smallest absolute Gasteiger partial charge is 0.337 e. The van der Waals surface area contributed by atoms with E-state index in [0.29, 0.717) is 5.56 Å². The predicted octanol–water partition coefficient (Wildman–Crippen LogP) is 2.41. The van der Waals surface area contributed by atoms with Crippen LogP contribution in [0.4, 0.5) is 5.69 Å². The van der Waals surface area contributed by atoms with E-state index >= 15 is 0 Å². The average molecular weight is 354 g/mol. The number of aryl methyl sites for hydroxylation is 1. The molecule has 0 radical (unpaired) electrons. The Hall–Kier alpha value is -2.34. The van der Waals surface area contributed by atoms with Crippen LogP contribution in [0, 0.1) is 0 Å². The summed E-state index contributed by atoms with van der Waals surface area (Å²) in [6.45, 7) is 5.07. The van der Waals surface area contributed by atoms with Gasteiger partial charge in [0.1, 0.15) is 0 Å². The largest absolute Gasteiger partial charge is 0.465 e. The van der Waals surface area contributed by atoms with E-state index in [-0.39, 0.29) is 5.97 Å². The van der Waals surface area contributed by atoms with Gasteiger partial charge in [0.15, 0.2) is 0 Å². The average Bonchev–Trinajstić information content (AvgIpc) is 3.45. The monoisotopic (exact) mass is 354 g/mol. The van der Waals surface area contributed by atoms with Gasteiger partial charge >= 0.3 is 5.97 Å². The zero-order valence-corrected chi connectivity index (χ0v) is 15.5. The Labute approximate surface area is 154 Å². The van der Waals surface area contributed by atoms with Gasteiger partial charge in [-0.15, -0.1) is 0 Å². The maximum atomic E-state index is 11.5. The normalized spacial score (nSPS) is 18.2. The van der Waals surface area contributed by atoms with E-state index < -0.39 is 0 Å². The molecule has 1 aromatic heterocycles. The summed E-state index contributed by atoms with van der Waals surface area (Å²) in [5.74, 6) is 0.441. The molecule has 6 heteroatoms. The Morgan fingerprint density at radius 1 is 1.15 bits per heavy atom. The molecule has 138 valence electrons. The first-order valence-electron chi connectivity index (χ1n) is 9.32.